The highest BCUT2D eigenvalue weighted by Crippen LogP contribution is 2.46. The van der Waals surface area contributed by atoms with E-state index in [-0.39, 0.29) is 17.7 Å². The van der Waals surface area contributed by atoms with E-state index in [4.69, 9.17) is 22.3 Å². The van der Waals surface area contributed by atoms with Gasteiger partial charge in [-0.2, -0.15) is 0 Å². The maximum atomic E-state index is 13.3. The number of piperidine rings is 2. The van der Waals surface area contributed by atoms with Crippen LogP contribution in [-0.2, 0) is 22.4 Å². The lowest BCUT2D eigenvalue weighted by Gasteiger charge is -2.38. The van der Waals surface area contributed by atoms with E-state index in [1.807, 2.05) is 17.2 Å². The molecule has 0 saturated carbocycles. The summed E-state index contributed by atoms with van der Waals surface area (Å²) in [6.45, 7) is 3.62. The van der Waals surface area contributed by atoms with Crippen molar-refractivity contribution in [2.45, 2.75) is 63.7 Å². The third-order valence-electron chi connectivity index (χ3n) is 8.81. The lowest BCUT2D eigenvalue weighted by molar-refractivity contribution is -0.135. The Kier molecular flexibility index (Phi) is 9.68. The number of aromatic nitrogens is 1. The molecule has 1 aliphatic carbocycles. The van der Waals surface area contributed by atoms with Crippen molar-refractivity contribution < 1.29 is 9.59 Å². The molecule has 0 spiro atoms. The summed E-state index contributed by atoms with van der Waals surface area (Å²) in [7, 11) is 0. The van der Waals surface area contributed by atoms with E-state index < -0.39 is 0 Å². The minimum Gasteiger partial charge on any atom is -0.343 e. The maximum Gasteiger partial charge on any atom is 0.222 e. The number of amides is 2. The highest BCUT2D eigenvalue weighted by molar-refractivity contribution is 9.10. The molecule has 1 aromatic heterocycles. The Bertz CT molecular complexity index is 1210. The van der Waals surface area contributed by atoms with Crippen LogP contribution >= 0.6 is 43.5 Å². The van der Waals surface area contributed by atoms with Crippen molar-refractivity contribution in [1.29, 1.82) is 0 Å². The Hall–Kier alpha value is -1.48. The molecule has 39 heavy (non-hydrogen) atoms. The summed E-state index contributed by atoms with van der Waals surface area (Å²) in [5.74, 6) is 1.40. The monoisotopic (exact) mass is 678 g/mol. The zero-order chi connectivity index (χ0) is 27.5. The second-order valence-electron chi connectivity index (χ2n) is 11.3. The molecular formula is C30H37Br2ClN4O2. The number of benzene rings is 1. The van der Waals surface area contributed by atoms with Crippen LogP contribution in [0.15, 0.2) is 33.3 Å². The first-order valence-electron chi connectivity index (χ1n) is 14.2. The van der Waals surface area contributed by atoms with E-state index in [2.05, 4.69) is 48.9 Å². The van der Waals surface area contributed by atoms with E-state index in [9.17, 15) is 9.59 Å². The van der Waals surface area contributed by atoms with Gasteiger partial charge in [0.25, 0.3) is 0 Å². The minimum atomic E-state index is 0.177. The number of hydrogen-bond donors (Lipinski definition) is 1. The molecule has 2 fully saturated rings. The van der Waals surface area contributed by atoms with Crippen LogP contribution in [0.1, 0.15) is 73.2 Å². The number of hydrogen-bond acceptors (Lipinski definition) is 4. The van der Waals surface area contributed by atoms with Gasteiger partial charge in [0.1, 0.15) is 0 Å². The molecule has 6 nitrogen and oxygen atoms in total. The summed E-state index contributed by atoms with van der Waals surface area (Å²) in [6.07, 6.45) is 9.36. The molecule has 1 unspecified atom stereocenters. The number of nitrogens with zero attached hydrogens (tertiary/aromatic N) is 3. The van der Waals surface area contributed by atoms with E-state index in [0.29, 0.717) is 31.2 Å². The lowest BCUT2D eigenvalue weighted by Crippen LogP contribution is -2.43. The number of carbonyl (C=O) groups is 2. The van der Waals surface area contributed by atoms with E-state index in [1.54, 1.807) is 0 Å². The molecule has 5 rings (SSSR count). The molecule has 3 heterocycles. The minimum absolute atomic E-state index is 0.177. The SMILES string of the molecule is NCCCC(=O)N1CCC(CC(=O)N2CCC(C3c4ncc(Br)cc4CCc4cc(Cl)cc(Br)c43)CC2)CC1. The predicted molar refractivity (Wildman–Crippen MR) is 162 cm³/mol. The Balaban J connectivity index is 1.23. The average Bonchev–Trinajstić information content (AvgIpc) is 3.09. The van der Waals surface area contributed by atoms with Crippen molar-refractivity contribution in [1.82, 2.24) is 14.8 Å². The zero-order valence-corrected chi connectivity index (χ0v) is 26.2. The molecule has 0 radical (unpaired) electrons. The number of carbonyl (C=O) groups excluding carboxylic acids is 2. The standard InChI is InChI=1S/C30H37Br2ClN4O2/c31-23-15-22-4-3-21-16-24(33)17-25(32)28(21)29(30(22)35-18-23)20-7-12-37(13-8-20)27(39)14-19-5-10-36(11-6-19)26(38)2-1-9-34/h15-20,29H,1-14,34H2. The van der Waals surface area contributed by atoms with Crippen LogP contribution in [0.4, 0.5) is 0 Å². The van der Waals surface area contributed by atoms with Gasteiger partial charge < -0.3 is 15.5 Å². The Morgan fingerprint density at radius 3 is 2.33 bits per heavy atom. The van der Waals surface area contributed by atoms with Crippen LogP contribution in [-0.4, -0.2) is 59.3 Å². The first-order valence-corrected chi connectivity index (χ1v) is 16.2. The first kappa shape index (κ1) is 29.0. The van der Waals surface area contributed by atoms with Crippen LogP contribution in [0, 0.1) is 11.8 Å². The topological polar surface area (TPSA) is 79.5 Å². The van der Waals surface area contributed by atoms with Crippen LogP contribution in [0.5, 0.6) is 0 Å². The fourth-order valence-electron chi connectivity index (χ4n) is 6.69. The van der Waals surface area contributed by atoms with Gasteiger partial charge in [-0.25, -0.2) is 0 Å². The van der Waals surface area contributed by atoms with E-state index >= 15 is 0 Å². The van der Waals surface area contributed by atoms with E-state index in [0.717, 1.165) is 90.8 Å². The molecule has 2 saturated heterocycles. The number of nitrogens with two attached hydrogens (primary N) is 1. The van der Waals surface area contributed by atoms with E-state index in [1.165, 1.54) is 16.7 Å². The quantitative estimate of drug-likeness (QED) is 0.400. The fourth-order valence-corrected chi connectivity index (χ4v) is 8.19. The summed E-state index contributed by atoms with van der Waals surface area (Å²) in [6, 6.07) is 6.34. The highest BCUT2D eigenvalue weighted by Gasteiger charge is 2.36. The largest absolute Gasteiger partial charge is 0.343 e. The molecule has 9 heteroatoms. The third-order valence-corrected chi connectivity index (χ3v) is 10.1. The Morgan fingerprint density at radius 1 is 0.949 bits per heavy atom. The van der Waals surface area contributed by atoms with Gasteiger partial charge in [0.2, 0.25) is 11.8 Å². The first-order chi connectivity index (χ1) is 18.8. The molecule has 1 atom stereocenters. The van der Waals surface area contributed by atoms with Gasteiger partial charge in [0.05, 0.1) is 5.69 Å². The molecular weight excluding hydrogens is 644 g/mol. The summed E-state index contributed by atoms with van der Waals surface area (Å²) < 4.78 is 2.06. The van der Waals surface area contributed by atoms with Crippen molar-refractivity contribution in [3.05, 3.63) is 60.7 Å². The number of likely N-dealkylation sites (tertiary alicyclic amines) is 2. The second-order valence-corrected chi connectivity index (χ2v) is 13.5. The van der Waals surface area contributed by atoms with Crippen LogP contribution in [0.2, 0.25) is 5.02 Å². The lowest BCUT2D eigenvalue weighted by atomic mass is 9.76. The molecule has 2 N–H and O–H groups in total. The van der Waals surface area contributed by atoms with Gasteiger partial charge in [-0.3, -0.25) is 14.6 Å². The van der Waals surface area contributed by atoms with Crippen molar-refractivity contribution in [3.63, 3.8) is 0 Å². The molecule has 2 aliphatic heterocycles. The van der Waals surface area contributed by atoms with Gasteiger partial charge in [-0.05, 0) is 114 Å². The van der Waals surface area contributed by atoms with Gasteiger partial charge in [0, 0.05) is 65.1 Å². The number of pyridine rings is 1. The smallest absolute Gasteiger partial charge is 0.222 e. The second kappa shape index (κ2) is 13.0. The number of aryl methyl sites for hydroxylation is 2. The van der Waals surface area contributed by atoms with Crippen molar-refractivity contribution >= 4 is 55.3 Å². The molecule has 1 aromatic carbocycles. The van der Waals surface area contributed by atoms with Gasteiger partial charge in [-0.1, -0.05) is 27.5 Å². The van der Waals surface area contributed by atoms with Crippen molar-refractivity contribution in [3.8, 4) is 0 Å². The molecule has 3 aliphatic rings. The third kappa shape index (κ3) is 6.71. The molecule has 2 aromatic rings. The number of fused-ring (bicyclic) bond motifs is 2. The van der Waals surface area contributed by atoms with Gasteiger partial charge >= 0.3 is 0 Å². The Morgan fingerprint density at radius 2 is 1.62 bits per heavy atom. The van der Waals surface area contributed by atoms with Gasteiger partial charge in [0.15, 0.2) is 0 Å². The summed E-state index contributed by atoms with van der Waals surface area (Å²) in [5, 5.41) is 0.755. The average molecular weight is 681 g/mol. The fraction of sp³-hybridized carbons (Fsp3) is 0.567. The molecule has 0 bridgehead atoms. The number of halogens is 3. The zero-order valence-electron chi connectivity index (χ0n) is 22.3. The summed E-state index contributed by atoms with van der Waals surface area (Å²) in [4.78, 5) is 34.5. The van der Waals surface area contributed by atoms with Crippen molar-refractivity contribution in [2.75, 3.05) is 32.7 Å². The summed E-state index contributed by atoms with van der Waals surface area (Å²) in [5.41, 5.74) is 10.6. The molecule has 2 amide bonds. The predicted octanol–water partition coefficient (Wildman–Crippen LogP) is 6.10. The van der Waals surface area contributed by atoms with Gasteiger partial charge in [-0.15, -0.1) is 0 Å². The highest BCUT2D eigenvalue weighted by atomic mass is 79.9. The maximum absolute atomic E-state index is 13.3. The molecule has 210 valence electrons. The van der Waals surface area contributed by atoms with Crippen LogP contribution < -0.4 is 5.73 Å². The Labute approximate surface area is 253 Å². The number of rotatable bonds is 6. The van der Waals surface area contributed by atoms with Crippen LogP contribution in [0.3, 0.4) is 0 Å². The normalized spacial score (nSPS) is 20.4. The van der Waals surface area contributed by atoms with Crippen molar-refractivity contribution in [2.24, 2.45) is 17.6 Å². The summed E-state index contributed by atoms with van der Waals surface area (Å²) >= 11 is 13.9. The van der Waals surface area contributed by atoms with Crippen LogP contribution in [0.25, 0.3) is 0 Å².